The van der Waals surface area contributed by atoms with Crippen molar-refractivity contribution in [1.29, 1.82) is 0 Å². The Bertz CT molecular complexity index is 1040. The minimum absolute atomic E-state index is 0.0888. The van der Waals surface area contributed by atoms with E-state index in [-0.39, 0.29) is 42.4 Å². The van der Waals surface area contributed by atoms with E-state index < -0.39 is 29.7 Å². The van der Waals surface area contributed by atoms with Crippen LogP contribution in [-0.2, 0) is 14.4 Å². The molecule has 1 aromatic rings. The first-order chi connectivity index (χ1) is 17.4. The summed E-state index contributed by atoms with van der Waals surface area (Å²) in [4.78, 5) is 64.8. The number of anilines is 1. The number of nitrogens with zero attached hydrogens (tertiary/aromatic N) is 2. The van der Waals surface area contributed by atoms with Gasteiger partial charge in [0.1, 0.15) is 6.04 Å². The van der Waals surface area contributed by atoms with Gasteiger partial charge in [-0.15, -0.1) is 0 Å². The number of nitrogens with one attached hydrogen (secondary N) is 2. The molecule has 194 valence electrons. The van der Waals surface area contributed by atoms with Crippen molar-refractivity contribution in [1.82, 2.24) is 15.1 Å². The Balaban J connectivity index is 1.19. The molecule has 0 saturated carbocycles. The Morgan fingerprint density at radius 3 is 2.56 bits per heavy atom. The number of aliphatic hydroxyl groups is 1. The molecule has 36 heavy (non-hydrogen) atoms. The molecule has 2 saturated heterocycles. The van der Waals surface area contributed by atoms with Crippen molar-refractivity contribution in [2.75, 3.05) is 31.6 Å². The number of carbonyl (C=O) groups is 5. The van der Waals surface area contributed by atoms with Gasteiger partial charge in [0.25, 0.3) is 11.8 Å². The SMILES string of the molecule is O=C1CCC(N2C(=O)c3cccc(NCCCCCCCC(=O)N4CC[C@@H](CO)C4)c3C2=O)C(=O)N1. The summed E-state index contributed by atoms with van der Waals surface area (Å²) in [5.41, 5.74) is 1.11. The Morgan fingerprint density at radius 2 is 1.81 bits per heavy atom. The van der Waals surface area contributed by atoms with E-state index in [0.717, 1.165) is 50.0 Å². The van der Waals surface area contributed by atoms with Crippen molar-refractivity contribution in [3.8, 4) is 0 Å². The van der Waals surface area contributed by atoms with Gasteiger partial charge >= 0.3 is 0 Å². The van der Waals surface area contributed by atoms with Crippen LogP contribution in [0.4, 0.5) is 5.69 Å². The Labute approximate surface area is 210 Å². The summed E-state index contributed by atoms with van der Waals surface area (Å²) in [5.74, 6) is -1.64. The maximum Gasteiger partial charge on any atom is 0.264 e. The fourth-order valence-electron chi connectivity index (χ4n) is 5.18. The predicted molar refractivity (Wildman–Crippen MR) is 131 cm³/mol. The summed E-state index contributed by atoms with van der Waals surface area (Å²) < 4.78 is 0. The van der Waals surface area contributed by atoms with Crippen LogP contribution in [0, 0.1) is 5.92 Å². The van der Waals surface area contributed by atoms with Gasteiger partial charge in [-0.2, -0.15) is 0 Å². The van der Waals surface area contributed by atoms with Gasteiger partial charge in [0, 0.05) is 50.7 Å². The highest BCUT2D eigenvalue weighted by Gasteiger charge is 2.45. The lowest BCUT2D eigenvalue weighted by atomic mass is 10.0. The van der Waals surface area contributed by atoms with Crippen LogP contribution >= 0.6 is 0 Å². The van der Waals surface area contributed by atoms with E-state index in [2.05, 4.69) is 10.6 Å². The number of rotatable bonds is 11. The van der Waals surface area contributed by atoms with Crippen molar-refractivity contribution < 1.29 is 29.1 Å². The number of fused-ring (bicyclic) bond motifs is 1. The molecular formula is C26H34N4O6. The molecule has 3 heterocycles. The first-order valence-corrected chi connectivity index (χ1v) is 12.9. The number of piperidine rings is 1. The molecule has 3 aliphatic heterocycles. The van der Waals surface area contributed by atoms with Crippen LogP contribution in [0.5, 0.6) is 0 Å². The minimum Gasteiger partial charge on any atom is -0.396 e. The summed E-state index contributed by atoms with van der Waals surface area (Å²) in [6.07, 6.45) is 6.33. The molecule has 4 rings (SSSR count). The van der Waals surface area contributed by atoms with E-state index in [0.29, 0.717) is 25.2 Å². The fourth-order valence-corrected chi connectivity index (χ4v) is 5.18. The molecule has 3 aliphatic rings. The Hall–Kier alpha value is -3.27. The number of unbranched alkanes of at least 4 members (excludes halogenated alkanes) is 4. The second-order valence-corrected chi connectivity index (χ2v) is 9.80. The third kappa shape index (κ3) is 5.59. The normalized spacial score (nSPS) is 21.7. The van der Waals surface area contributed by atoms with Crippen LogP contribution < -0.4 is 10.6 Å². The van der Waals surface area contributed by atoms with Gasteiger partial charge in [-0.25, -0.2) is 0 Å². The van der Waals surface area contributed by atoms with Gasteiger partial charge in [0.15, 0.2) is 0 Å². The maximum atomic E-state index is 13.1. The quantitative estimate of drug-likeness (QED) is 0.312. The molecule has 2 fully saturated rings. The average molecular weight is 499 g/mol. The largest absolute Gasteiger partial charge is 0.396 e. The van der Waals surface area contributed by atoms with Crippen molar-refractivity contribution in [3.05, 3.63) is 29.3 Å². The van der Waals surface area contributed by atoms with E-state index in [4.69, 9.17) is 0 Å². The van der Waals surface area contributed by atoms with E-state index in [9.17, 15) is 29.1 Å². The first kappa shape index (κ1) is 25.8. The monoisotopic (exact) mass is 498 g/mol. The van der Waals surface area contributed by atoms with Gasteiger partial charge < -0.3 is 15.3 Å². The van der Waals surface area contributed by atoms with Crippen LogP contribution in [-0.4, -0.2) is 76.7 Å². The predicted octanol–water partition coefficient (Wildman–Crippen LogP) is 1.68. The van der Waals surface area contributed by atoms with Gasteiger partial charge in [0.05, 0.1) is 11.1 Å². The van der Waals surface area contributed by atoms with Gasteiger partial charge in [-0.1, -0.05) is 25.3 Å². The van der Waals surface area contributed by atoms with Crippen LogP contribution in [0.25, 0.3) is 0 Å². The van der Waals surface area contributed by atoms with Crippen LogP contribution in [0.2, 0.25) is 0 Å². The average Bonchev–Trinajstić information content (AvgIpc) is 3.45. The zero-order valence-electron chi connectivity index (χ0n) is 20.5. The molecule has 1 unspecified atom stereocenters. The van der Waals surface area contributed by atoms with Gasteiger partial charge in [-0.3, -0.25) is 34.2 Å². The summed E-state index contributed by atoms with van der Waals surface area (Å²) in [6, 6.07) is 4.07. The molecule has 10 heteroatoms. The fraction of sp³-hybridized carbons (Fsp3) is 0.577. The Morgan fingerprint density at radius 1 is 1.03 bits per heavy atom. The number of carbonyl (C=O) groups excluding carboxylic acids is 5. The van der Waals surface area contributed by atoms with Crippen molar-refractivity contribution in [2.24, 2.45) is 5.92 Å². The topological polar surface area (TPSA) is 136 Å². The van der Waals surface area contributed by atoms with Crippen molar-refractivity contribution in [3.63, 3.8) is 0 Å². The molecule has 10 nitrogen and oxygen atoms in total. The second kappa shape index (κ2) is 11.6. The number of hydrogen-bond donors (Lipinski definition) is 3. The lowest BCUT2D eigenvalue weighted by Gasteiger charge is -2.27. The molecule has 0 aromatic heterocycles. The molecule has 5 amide bonds. The molecule has 0 bridgehead atoms. The molecule has 0 aliphatic carbocycles. The number of imide groups is 2. The first-order valence-electron chi connectivity index (χ1n) is 12.9. The number of aliphatic hydroxyl groups excluding tert-OH is 1. The van der Waals surface area contributed by atoms with Gasteiger partial charge in [-0.05, 0) is 37.8 Å². The summed E-state index contributed by atoms with van der Waals surface area (Å²) in [6.45, 7) is 2.19. The standard InChI is InChI=1S/C26H34N4O6/c31-16-17-12-14-29(15-17)22(33)9-4-2-1-3-5-13-27-19-8-6-7-18-23(19)26(36)30(25(18)35)20-10-11-21(32)28-24(20)34/h6-8,17,20,27,31H,1-5,9-16H2,(H,28,32,34)/t17-,20?/m1/s1. The van der Waals surface area contributed by atoms with Crippen LogP contribution in [0.1, 0.15) is 78.5 Å². The summed E-state index contributed by atoms with van der Waals surface area (Å²) in [7, 11) is 0. The van der Waals surface area contributed by atoms with E-state index in [1.165, 1.54) is 0 Å². The third-order valence-corrected chi connectivity index (χ3v) is 7.25. The minimum atomic E-state index is -0.976. The zero-order valence-corrected chi connectivity index (χ0v) is 20.5. The molecule has 0 radical (unpaired) electrons. The van der Waals surface area contributed by atoms with E-state index in [1.807, 2.05) is 4.90 Å². The highest BCUT2D eigenvalue weighted by Crippen LogP contribution is 2.32. The lowest BCUT2D eigenvalue weighted by Crippen LogP contribution is -2.54. The smallest absolute Gasteiger partial charge is 0.264 e. The molecule has 1 aromatic carbocycles. The number of benzene rings is 1. The van der Waals surface area contributed by atoms with Crippen LogP contribution in [0.3, 0.4) is 0 Å². The Kier molecular flexibility index (Phi) is 8.35. The van der Waals surface area contributed by atoms with Crippen LogP contribution in [0.15, 0.2) is 18.2 Å². The molecular weight excluding hydrogens is 464 g/mol. The molecule has 0 spiro atoms. The third-order valence-electron chi connectivity index (χ3n) is 7.25. The van der Waals surface area contributed by atoms with Gasteiger partial charge in [0.2, 0.25) is 17.7 Å². The highest BCUT2D eigenvalue weighted by molar-refractivity contribution is 6.25. The van der Waals surface area contributed by atoms with E-state index >= 15 is 0 Å². The molecule has 2 atom stereocenters. The van der Waals surface area contributed by atoms with Crippen molar-refractivity contribution >= 4 is 35.2 Å². The number of likely N-dealkylation sites (tertiary alicyclic amines) is 1. The lowest BCUT2D eigenvalue weighted by molar-refractivity contribution is -0.136. The molecule has 3 N–H and O–H groups in total. The number of hydrogen-bond acceptors (Lipinski definition) is 7. The highest BCUT2D eigenvalue weighted by atomic mass is 16.3. The maximum absolute atomic E-state index is 13.1. The summed E-state index contributed by atoms with van der Waals surface area (Å²) >= 11 is 0. The zero-order chi connectivity index (χ0) is 25.7. The van der Waals surface area contributed by atoms with E-state index in [1.54, 1.807) is 18.2 Å². The summed E-state index contributed by atoms with van der Waals surface area (Å²) in [5, 5.41) is 14.7. The number of amides is 5. The van der Waals surface area contributed by atoms with Crippen molar-refractivity contribution in [2.45, 2.75) is 63.8 Å². The second-order valence-electron chi connectivity index (χ2n) is 9.80.